The molecule has 7 nitrogen and oxygen atoms in total. The van der Waals surface area contributed by atoms with Crippen LogP contribution in [0.15, 0.2) is 60.7 Å². The first kappa shape index (κ1) is 24.3. The number of carbonyl (C=O) groups is 2. The number of carbonyl (C=O) groups excluding carboxylic acids is 2. The maximum absolute atomic E-state index is 13.2. The van der Waals surface area contributed by atoms with Crippen molar-refractivity contribution in [3.8, 4) is 23.0 Å². The summed E-state index contributed by atoms with van der Waals surface area (Å²) in [7, 11) is 5.86. The van der Waals surface area contributed by atoms with Crippen LogP contribution < -0.4 is 24.3 Å². The largest absolute Gasteiger partial charge is 0.495 e. The van der Waals surface area contributed by atoms with Crippen molar-refractivity contribution in [3.63, 3.8) is 0 Å². The number of ether oxygens (including phenoxy) is 4. The fourth-order valence-corrected chi connectivity index (χ4v) is 3.25. The fraction of sp³-hybridized carbons (Fsp3) is 0.154. The van der Waals surface area contributed by atoms with Crippen LogP contribution in [-0.4, -0.2) is 40.1 Å². The Morgan fingerprint density at radius 2 is 1.38 bits per heavy atom. The minimum absolute atomic E-state index is 0.313. The third kappa shape index (κ3) is 5.53. The summed E-state index contributed by atoms with van der Waals surface area (Å²) in [6.07, 6.45) is 2.85. The van der Waals surface area contributed by atoms with Crippen LogP contribution in [-0.2, 0) is 4.79 Å². The van der Waals surface area contributed by atoms with Gasteiger partial charge in [-0.1, -0.05) is 12.1 Å². The number of nitrogens with one attached hydrogen (secondary N) is 1. The molecular weight excluding hydrogens is 441 g/mol. The van der Waals surface area contributed by atoms with E-state index in [0.29, 0.717) is 45.4 Å². The Morgan fingerprint density at radius 3 is 1.94 bits per heavy atom. The number of benzene rings is 3. The molecule has 0 saturated carbocycles. The zero-order valence-electron chi connectivity index (χ0n) is 19.2. The molecule has 0 atom stereocenters. The Kier molecular flexibility index (Phi) is 7.87. The van der Waals surface area contributed by atoms with Crippen molar-refractivity contribution in [3.05, 3.63) is 83.2 Å². The smallest absolute Gasteiger partial charge is 0.248 e. The maximum Gasteiger partial charge on any atom is 0.248 e. The number of methoxy groups -OCH3 is 4. The molecule has 0 unspecified atom stereocenters. The Labute approximate surface area is 196 Å². The summed E-state index contributed by atoms with van der Waals surface area (Å²) in [6.45, 7) is 0. The lowest BCUT2D eigenvalue weighted by Crippen LogP contribution is -2.11. The molecule has 0 aromatic heterocycles. The third-order valence-electron chi connectivity index (χ3n) is 4.94. The van der Waals surface area contributed by atoms with Crippen molar-refractivity contribution in [1.29, 1.82) is 0 Å². The Hall–Kier alpha value is -4.33. The molecule has 0 radical (unpaired) electrons. The first-order valence-corrected chi connectivity index (χ1v) is 10.2. The monoisotopic (exact) mass is 465 g/mol. The highest BCUT2D eigenvalue weighted by Crippen LogP contribution is 2.39. The van der Waals surface area contributed by atoms with Gasteiger partial charge in [-0.05, 0) is 54.1 Å². The molecule has 0 saturated heterocycles. The van der Waals surface area contributed by atoms with Crippen LogP contribution in [0, 0.1) is 5.82 Å². The highest BCUT2D eigenvalue weighted by atomic mass is 19.1. The summed E-state index contributed by atoms with van der Waals surface area (Å²) in [5, 5.41) is 2.71. The summed E-state index contributed by atoms with van der Waals surface area (Å²) in [5.41, 5.74) is 1.60. The molecule has 0 aliphatic rings. The zero-order valence-corrected chi connectivity index (χ0v) is 19.2. The summed E-state index contributed by atoms with van der Waals surface area (Å²) in [5.74, 6) is 0.317. The van der Waals surface area contributed by atoms with Crippen molar-refractivity contribution in [2.24, 2.45) is 0 Å². The van der Waals surface area contributed by atoms with E-state index in [1.54, 1.807) is 42.5 Å². The molecule has 3 rings (SSSR count). The highest BCUT2D eigenvalue weighted by molar-refractivity contribution is 6.11. The third-order valence-corrected chi connectivity index (χ3v) is 4.94. The van der Waals surface area contributed by atoms with Crippen LogP contribution in [0.1, 0.15) is 21.5 Å². The Bertz CT molecular complexity index is 1200. The minimum Gasteiger partial charge on any atom is -0.495 e. The Morgan fingerprint density at radius 1 is 0.765 bits per heavy atom. The van der Waals surface area contributed by atoms with E-state index >= 15 is 0 Å². The van der Waals surface area contributed by atoms with Crippen molar-refractivity contribution >= 4 is 23.5 Å². The van der Waals surface area contributed by atoms with Gasteiger partial charge in [0.25, 0.3) is 0 Å². The van der Waals surface area contributed by atoms with E-state index in [1.807, 2.05) is 0 Å². The quantitative estimate of drug-likeness (QED) is 0.363. The topological polar surface area (TPSA) is 83.1 Å². The van der Waals surface area contributed by atoms with Crippen molar-refractivity contribution in [2.75, 3.05) is 33.8 Å². The van der Waals surface area contributed by atoms with Gasteiger partial charge in [0.2, 0.25) is 11.7 Å². The molecule has 0 fully saturated rings. The predicted molar refractivity (Wildman–Crippen MR) is 127 cm³/mol. The Balaban J connectivity index is 1.88. The van der Waals surface area contributed by atoms with Crippen LogP contribution >= 0.6 is 0 Å². The van der Waals surface area contributed by atoms with E-state index < -0.39 is 5.91 Å². The molecule has 0 aliphatic carbocycles. The number of rotatable bonds is 9. The SMILES string of the molecule is COc1ccc(C(=O)c2cc(OC)c(OC)c(OC)c2)cc1NC(=O)/C=C/c1ccc(F)cc1. The molecule has 0 aliphatic heterocycles. The van der Waals surface area contributed by atoms with E-state index in [2.05, 4.69) is 5.32 Å². The molecule has 1 amide bonds. The second-order valence-corrected chi connectivity index (χ2v) is 7.03. The second kappa shape index (κ2) is 11.0. The van der Waals surface area contributed by atoms with Crippen molar-refractivity contribution in [1.82, 2.24) is 0 Å². The number of amides is 1. The molecular formula is C26H24FNO6. The first-order chi connectivity index (χ1) is 16.4. The van der Waals surface area contributed by atoms with Crippen LogP contribution in [0.25, 0.3) is 6.08 Å². The number of hydrogen-bond donors (Lipinski definition) is 1. The van der Waals surface area contributed by atoms with E-state index in [9.17, 15) is 14.0 Å². The summed E-state index contributed by atoms with van der Waals surface area (Å²) in [4.78, 5) is 25.7. The van der Waals surface area contributed by atoms with E-state index in [0.717, 1.165) is 0 Å². The fourth-order valence-electron chi connectivity index (χ4n) is 3.25. The standard InChI is InChI=1S/C26H24FNO6/c1-31-21-11-8-17(25(30)18-14-22(32-2)26(34-4)23(15-18)33-3)13-20(21)28-24(29)12-7-16-5-9-19(27)10-6-16/h5-15H,1-4H3,(H,28,29)/b12-7+. The van der Waals surface area contributed by atoms with Gasteiger partial charge in [0.15, 0.2) is 17.3 Å². The van der Waals surface area contributed by atoms with Crippen LogP contribution in [0.4, 0.5) is 10.1 Å². The lowest BCUT2D eigenvalue weighted by atomic mass is 10.0. The molecule has 0 bridgehead atoms. The van der Waals surface area contributed by atoms with Crippen molar-refractivity contribution in [2.45, 2.75) is 0 Å². The summed E-state index contributed by atoms with van der Waals surface area (Å²) in [6, 6.07) is 13.5. The van der Waals surface area contributed by atoms with Gasteiger partial charge in [-0.3, -0.25) is 9.59 Å². The van der Waals surface area contributed by atoms with Crippen LogP contribution in [0.2, 0.25) is 0 Å². The van der Waals surface area contributed by atoms with Gasteiger partial charge in [0.05, 0.1) is 34.1 Å². The normalized spacial score (nSPS) is 10.6. The van der Waals surface area contributed by atoms with Crippen LogP contribution in [0.3, 0.4) is 0 Å². The van der Waals surface area contributed by atoms with Gasteiger partial charge in [0.1, 0.15) is 11.6 Å². The maximum atomic E-state index is 13.2. The number of anilines is 1. The summed E-state index contributed by atoms with van der Waals surface area (Å²) >= 11 is 0. The number of hydrogen-bond acceptors (Lipinski definition) is 6. The lowest BCUT2D eigenvalue weighted by molar-refractivity contribution is -0.111. The number of halogens is 1. The second-order valence-electron chi connectivity index (χ2n) is 7.03. The van der Waals surface area contributed by atoms with Gasteiger partial charge >= 0.3 is 0 Å². The highest BCUT2D eigenvalue weighted by Gasteiger charge is 2.19. The number of ketones is 1. The molecule has 0 heterocycles. The lowest BCUT2D eigenvalue weighted by Gasteiger charge is -2.14. The average Bonchev–Trinajstić information content (AvgIpc) is 2.86. The molecule has 0 spiro atoms. The van der Waals surface area contributed by atoms with Crippen molar-refractivity contribution < 1.29 is 32.9 Å². The van der Waals surface area contributed by atoms with E-state index in [-0.39, 0.29) is 11.6 Å². The van der Waals surface area contributed by atoms with Gasteiger partial charge in [-0.15, -0.1) is 0 Å². The van der Waals surface area contributed by atoms with Crippen LogP contribution in [0.5, 0.6) is 23.0 Å². The first-order valence-electron chi connectivity index (χ1n) is 10.2. The van der Waals surface area contributed by atoms with Gasteiger partial charge in [0, 0.05) is 17.2 Å². The zero-order chi connectivity index (χ0) is 24.7. The van der Waals surface area contributed by atoms with Gasteiger partial charge < -0.3 is 24.3 Å². The summed E-state index contributed by atoms with van der Waals surface area (Å²) < 4.78 is 34.3. The molecule has 8 heteroatoms. The molecule has 176 valence electrons. The molecule has 3 aromatic carbocycles. The average molecular weight is 465 g/mol. The van der Waals surface area contributed by atoms with E-state index in [4.69, 9.17) is 18.9 Å². The minimum atomic E-state index is -0.444. The van der Waals surface area contributed by atoms with Gasteiger partial charge in [-0.25, -0.2) is 4.39 Å². The predicted octanol–water partition coefficient (Wildman–Crippen LogP) is 4.74. The molecule has 1 N–H and O–H groups in total. The molecule has 34 heavy (non-hydrogen) atoms. The van der Waals surface area contributed by atoms with Gasteiger partial charge in [-0.2, -0.15) is 0 Å². The molecule has 3 aromatic rings. The van der Waals surface area contributed by atoms with E-state index in [1.165, 1.54) is 52.7 Å².